The second kappa shape index (κ2) is 9.17. The fourth-order valence-electron chi connectivity index (χ4n) is 2.24. The van der Waals surface area contributed by atoms with E-state index in [-0.39, 0.29) is 18.4 Å². The molecular weight excluding hydrogens is 336 g/mol. The number of hydrogen-bond acceptors (Lipinski definition) is 4. The largest absolute Gasteiger partial charge is 0.349 e. The van der Waals surface area contributed by atoms with E-state index in [0.29, 0.717) is 12.2 Å². The predicted octanol–water partition coefficient (Wildman–Crippen LogP) is 2.84. The molecule has 0 aliphatic carbocycles. The van der Waals surface area contributed by atoms with Crippen molar-refractivity contribution in [1.82, 2.24) is 15.2 Å². The molecular formula is C18H24N4O2S. The Morgan fingerprint density at radius 3 is 2.68 bits per heavy atom. The molecule has 6 nitrogen and oxygen atoms in total. The van der Waals surface area contributed by atoms with Crippen LogP contribution in [0.3, 0.4) is 0 Å². The van der Waals surface area contributed by atoms with Gasteiger partial charge in [0.2, 0.25) is 5.91 Å². The average molecular weight is 360 g/mol. The SMILES string of the molecule is Cc1csc(CCCNC(=O)Nc2ccccc2CC(=O)N(C)C)n1. The maximum Gasteiger partial charge on any atom is 0.319 e. The van der Waals surface area contributed by atoms with E-state index in [0.717, 1.165) is 29.1 Å². The van der Waals surface area contributed by atoms with Crippen molar-refractivity contribution < 1.29 is 9.59 Å². The quantitative estimate of drug-likeness (QED) is 0.746. The van der Waals surface area contributed by atoms with E-state index in [1.165, 1.54) is 4.90 Å². The Balaban J connectivity index is 1.80. The zero-order valence-electron chi connectivity index (χ0n) is 14.8. The number of urea groups is 1. The Labute approximate surface area is 152 Å². The number of carbonyl (C=O) groups is 2. The maximum atomic E-state index is 12.1. The van der Waals surface area contributed by atoms with Gasteiger partial charge in [0.1, 0.15) is 0 Å². The van der Waals surface area contributed by atoms with Crippen LogP contribution in [0.4, 0.5) is 10.5 Å². The summed E-state index contributed by atoms with van der Waals surface area (Å²) in [5.74, 6) is -0.00611. The van der Waals surface area contributed by atoms with Gasteiger partial charge in [-0.1, -0.05) is 18.2 Å². The number of thiazole rings is 1. The van der Waals surface area contributed by atoms with Crippen molar-refractivity contribution in [2.45, 2.75) is 26.2 Å². The number of benzene rings is 1. The minimum absolute atomic E-state index is 0.00611. The number of nitrogens with zero attached hydrogens (tertiary/aromatic N) is 2. The van der Waals surface area contributed by atoms with Gasteiger partial charge in [0, 0.05) is 43.8 Å². The minimum atomic E-state index is -0.264. The normalized spacial score (nSPS) is 10.4. The first kappa shape index (κ1) is 18.9. The monoisotopic (exact) mass is 360 g/mol. The zero-order valence-corrected chi connectivity index (χ0v) is 15.7. The van der Waals surface area contributed by atoms with E-state index < -0.39 is 0 Å². The van der Waals surface area contributed by atoms with Crippen LogP contribution in [0.5, 0.6) is 0 Å². The third kappa shape index (κ3) is 6.19. The summed E-state index contributed by atoms with van der Waals surface area (Å²) in [6.45, 7) is 2.55. The minimum Gasteiger partial charge on any atom is -0.349 e. The number of hydrogen-bond donors (Lipinski definition) is 2. The summed E-state index contributed by atoms with van der Waals surface area (Å²) in [7, 11) is 3.43. The summed E-state index contributed by atoms with van der Waals surface area (Å²) in [4.78, 5) is 29.9. The van der Waals surface area contributed by atoms with E-state index >= 15 is 0 Å². The highest BCUT2D eigenvalue weighted by Crippen LogP contribution is 2.16. The molecule has 0 bridgehead atoms. The topological polar surface area (TPSA) is 74.3 Å². The average Bonchev–Trinajstić information content (AvgIpc) is 2.98. The number of carbonyl (C=O) groups excluding carboxylic acids is 2. The van der Waals surface area contributed by atoms with Gasteiger partial charge >= 0.3 is 6.03 Å². The molecule has 0 aliphatic rings. The van der Waals surface area contributed by atoms with Crippen LogP contribution in [-0.4, -0.2) is 42.5 Å². The van der Waals surface area contributed by atoms with Crippen molar-refractivity contribution in [3.05, 3.63) is 45.9 Å². The molecule has 0 spiro atoms. The van der Waals surface area contributed by atoms with Crippen LogP contribution < -0.4 is 10.6 Å². The second-order valence-electron chi connectivity index (χ2n) is 5.99. The lowest BCUT2D eigenvalue weighted by atomic mass is 10.1. The van der Waals surface area contributed by atoms with E-state index in [1.54, 1.807) is 31.5 Å². The Morgan fingerprint density at radius 1 is 1.24 bits per heavy atom. The zero-order chi connectivity index (χ0) is 18.2. The smallest absolute Gasteiger partial charge is 0.319 e. The fraction of sp³-hybridized carbons (Fsp3) is 0.389. The number of anilines is 1. The van der Waals surface area contributed by atoms with Gasteiger partial charge in [0.25, 0.3) is 0 Å². The molecule has 0 fully saturated rings. The standard InChI is InChI=1S/C18H24N4O2S/c1-13-12-25-16(20-13)9-6-10-19-18(24)21-15-8-5-4-7-14(15)11-17(23)22(2)3/h4-5,7-8,12H,6,9-11H2,1-3H3,(H2,19,21,24). The van der Waals surface area contributed by atoms with Crippen molar-refractivity contribution in [1.29, 1.82) is 0 Å². The van der Waals surface area contributed by atoms with Gasteiger partial charge in [-0.2, -0.15) is 0 Å². The first-order chi connectivity index (χ1) is 12.0. The van der Waals surface area contributed by atoms with E-state index in [1.807, 2.05) is 30.5 Å². The first-order valence-corrected chi connectivity index (χ1v) is 9.07. The molecule has 0 aliphatic heterocycles. The fourth-order valence-corrected chi connectivity index (χ4v) is 3.06. The highest BCUT2D eigenvalue weighted by atomic mass is 32.1. The molecule has 0 radical (unpaired) electrons. The van der Waals surface area contributed by atoms with E-state index in [9.17, 15) is 9.59 Å². The first-order valence-electron chi connectivity index (χ1n) is 8.19. The van der Waals surface area contributed by atoms with Crippen LogP contribution in [0.2, 0.25) is 0 Å². The molecule has 0 saturated carbocycles. The van der Waals surface area contributed by atoms with Crippen molar-refractivity contribution in [3.63, 3.8) is 0 Å². The number of aromatic nitrogens is 1. The van der Waals surface area contributed by atoms with Gasteiger partial charge in [0.15, 0.2) is 0 Å². The van der Waals surface area contributed by atoms with Crippen molar-refractivity contribution in [2.24, 2.45) is 0 Å². The Kier molecular flexibility index (Phi) is 6.94. The number of likely N-dealkylation sites (N-methyl/N-ethyl adjacent to an activating group) is 1. The summed E-state index contributed by atoms with van der Waals surface area (Å²) in [6.07, 6.45) is 1.95. The highest BCUT2D eigenvalue weighted by molar-refractivity contribution is 7.09. The van der Waals surface area contributed by atoms with Gasteiger partial charge in [-0.05, 0) is 25.0 Å². The van der Waals surface area contributed by atoms with Crippen molar-refractivity contribution in [2.75, 3.05) is 26.0 Å². The lowest BCUT2D eigenvalue weighted by Gasteiger charge is -2.14. The number of amides is 3. The number of nitrogens with one attached hydrogen (secondary N) is 2. The number of para-hydroxylation sites is 1. The third-order valence-corrected chi connectivity index (χ3v) is 4.65. The molecule has 2 rings (SSSR count). The number of rotatable bonds is 7. The van der Waals surface area contributed by atoms with Gasteiger partial charge < -0.3 is 15.5 Å². The molecule has 2 N–H and O–H groups in total. The van der Waals surface area contributed by atoms with Gasteiger partial charge in [-0.3, -0.25) is 4.79 Å². The summed E-state index contributed by atoms with van der Waals surface area (Å²) < 4.78 is 0. The van der Waals surface area contributed by atoms with Crippen LogP contribution in [0.25, 0.3) is 0 Å². The molecule has 0 saturated heterocycles. The molecule has 7 heteroatoms. The van der Waals surface area contributed by atoms with Crippen LogP contribution in [-0.2, 0) is 17.6 Å². The van der Waals surface area contributed by atoms with E-state index in [2.05, 4.69) is 15.6 Å². The molecule has 0 atom stereocenters. The van der Waals surface area contributed by atoms with Gasteiger partial charge in [0.05, 0.1) is 11.4 Å². The lowest BCUT2D eigenvalue weighted by Crippen LogP contribution is -2.30. The molecule has 1 aromatic carbocycles. The van der Waals surface area contributed by atoms with Crippen LogP contribution >= 0.6 is 11.3 Å². The van der Waals surface area contributed by atoms with Crippen molar-refractivity contribution in [3.8, 4) is 0 Å². The summed E-state index contributed by atoms with van der Waals surface area (Å²) in [5.41, 5.74) is 2.50. The lowest BCUT2D eigenvalue weighted by molar-refractivity contribution is -0.127. The maximum absolute atomic E-state index is 12.1. The highest BCUT2D eigenvalue weighted by Gasteiger charge is 2.11. The molecule has 1 aromatic heterocycles. The van der Waals surface area contributed by atoms with E-state index in [4.69, 9.17) is 0 Å². The van der Waals surface area contributed by atoms with Crippen LogP contribution in [0.1, 0.15) is 22.7 Å². The Bertz CT molecular complexity index is 727. The summed E-state index contributed by atoms with van der Waals surface area (Å²) in [6, 6.07) is 7.08. The van der Waals surface area contributed by atoms with Crippen molar-refractivity contribution >= 4 is 29.0 Å². The Hall–Kier alpha value is -2.41. The molecule has 25 heavy (non-hydrogen) atoms. The summed E-state index contributed by atoms with van der Waals surface area (Å²) in [5, 5.41) is 8.79. The second-order valence-corrected chi connectivity index (χ2v) is 6.93. The molecule has 0 unspecified atom stereocenters. The van der Waals surface area contributed by atoms with Gasteiger partial charge in [-0.15, -0.1) is 11.3 Å². The van der Waals surface area contributed by atoms with Gasteiger partial charge in [-0.25, -0.2) is 9.78 Å². The van der Waals surface area contributed by atoms with Crippen LogP contribution in [0.15, 0.2) is 29.6 Å². The molecule has 1 heterocycles. The third-order valence-electron chi connectivity index (χ3n) is 3.63. The predicted molar refractivity (Wildman–Crippen MR) is 101 cm³/mol. The van der Waals surface area contributed by atoms with Crippen LogP contribution in [0, 0.1) is 6.92 Å². The Morgan fingerprint density at radius 2 is 2.00 bits per heavy atom. The molecule has 3 amide bonds. The summed E-state index contributed by atoms with van der Waals surface area (Å²) >= 11 is 1.65. The number of aryl methyl sites for hydroxylation is 2. The molecule has 134 valence electrons. The molecule has 2 aromatic rings.